The van der Waals surface area contributed by atoms with Gasteiger partial charge in [0.25, 0.3) is 0 Å². The van der Waals surface area contributed by atoms with Gasteiger partial charge >= 0.3 is 5.97 Å². The lowest BCUT2D eigenvalue weighted by Gasteiger charge is -2.28. The lowest BCUT2D eigenvalue weighted by molar-refractivity contribution is 0.0729. The molecule has 1 aliphatic rings. The number of unbranched alkanes of at least 4 members (excludes halogenated alkanes) is 1. The van der Waals surface area contributed by atoms with Crippen LogP contribution in [0, 0.1) is 17.1 Å². The fraction of sp³-hybridized carbons (Fsp3) is 0.185. The quantitative estimate of drug-likeness (QED) is 0.288. The fourth-order valence-corrected chi connectivity index (χ4v) is 3.78. The number of hydrogen-bond acceptors (Lipinski definition) is 6. The minimum absolute atomic E-state index is 0.0408. The van der Waals surface area contributed by atoms with E-state index in [0.717, 1.165) is 18.4 Å². The number of para-hydroxylation sites is 1. The molecule has 34 heavy (non-hydrogen) atoms. The highest BCUT2D eigenvalue weighted by molar-refractivity contribution is 5.91. The molecule has 1 aliphatic heterocycles. The van der Waals surface area contributed by atoms with Crippen LogP contribution in [0.1, 0.15) is 47.2 Å². The number of hydrogen-bond donors (Lipinski definition) is 1. The largest absolute Gasteiger partial charge is 0.493 e. The van der Waals surface area contributed by atoms with Crippen molar-refractivity contribution < 1.29 is 23.4 Å². The molecule has 172 valence electrons. The number of nitrogens with two attached hydrogens (primary N) is 1. The first-order valence-corrected chi connectivity index (χ1v) is 10.9. The van der Waals surface area contributed by atoms with Gasteiger partial charge in [-0.1, -0.05) is 49.7 Å². The Kier molecular flexibility index (Phi) is 6.79. The summed E-state index contributed by atoms with van der Waals surface area (Å²) in [5.41, 5.74) is 7.63. The molecule has 0 fully saturated rings. The summed E-state index contributed by atoms with van der Waals surface area (Å²) in [6, 6.07) is 20.0. The van der Waals surface area contributed by atoms with Gasteiger partial charge in [0.2, 0.25) is 5.88 Å². The highest BCUT2D eigenvalue weighted by Gasteiger charge is 2.33. The molecule has 2 N–H and O–H groups in total. The summed E-state index contributed by atoms with van der Waals surface area (Å²) >= 11 is 0. The Labute approximate surface area is 197 Å². The minimum atomic E-state index is -0.832. The number of esters is 1. The van der Waals surface area contributed by atoms with Crippen LogP contribution in [0.5, 0.6) is 17.2 Å². The van der Waals surface area contributed by atoms with Crippen LogP contribution in [0.15, 0.2) is 78.2 Å². The van der Waals surface area contributed by atoms with Crippen molar-refractivity contribution in [3.05, 3.63) is 101 Å². The van der Waals surface area contributed by atoms with E-state index in [0.29, 0.717) is 23.7 Å². The van der Waals surface area contributed by atoms with E-state index < -0.39 is 17.7 Å². The second kappa shape index (κ2) is 10.1. The zero-order valence-corrected chi connectivity index (χ0v) is 18.6. The number of fused-ring (bicyclic) bond motifs is 1. The Hall–Kier alpha value is -4.31. The van der Waals surface area contributed by atoms with Gasteiger partial charge in [0.1, 0.15) is 34.7 Å². The summed E-state index contributed by atoms with van der Waals surface area (Å²) in [6.45, 7) is 2.63. The van der Waals surface area contributed by atoms with Crippen molar-refractivity contribution in [2.24, 2.45) is 5.73 Å². The molecule has 3 aromatic carbocycles. The van der Waals surface area contributed by atoms with Crippen molar-refractivity contribution in [2.75, 3.05) is 6.61 Å². The van der Waals surface area contributed by atoms with Crippen molar-refractivity contribution >= 4 is 5.97 Å². The second-order valence-corrected chi connectivity index (χ2v) is 7.73. The molecular formula is C27H23FN2O4. The van der Waals surface area contributed by atoms with Crippen LogP contribution in [-0.4, -0.2) is 12.6 Å². The summed E-state index contributed by atoms with van der Waals surface area (Å²) in [5, 5.41) is 9.84. The lowest BCUT2D eigenvalue weighted by atomic mass is 9.83. The van der Waals surface area contributed by atoms with E-state index in [9.17, 15) is 14.4 Å². The number of carbonyl (C=O) groups excluding carboxylic acids is 1. The Morgan fingerprint density at radius 1 is 1.12 bits per heavy atom. The van der Waals surface area contributed by atoms with Crippen LogP contribution in [0.3, 0.4) is 0 Å². The van der Waals surface area contributed by atoms with Gasteiger partial charge in [-0.25, -0.2) is 9.18 Å². The minimum Gasteiger partial charge on any atom is -0.493 e. The van der Waals surface area contributed by atoms with Crippen molar-refractivity contribution in [2.45, 2.75) is 25.7 Å². The predicted octanol–water partition coefficient (Wildman–Crippen LogP) is 5.44. The third-order valence-electron chi connectivity index (χ3n) is 5.48. The van der Waals surface area contributed by atoms with Crippen molar-refractivity contribution in [1.29, 1.82) is 5.26 Å². The molecule has 1 heterocycles. The molecule has 0 aliphatic carbocycles. The maximum atomic E-state index is 13.9. The summed E-state index contributed by atoms with van der Waals surface area (Å²) < 4.78 is 31.0. The topological polar surface area (TPSA) is 94.6 Å². The summed E-state index contributed by atoms with van der Waals surface area (Å²) in [7, 11) is 0. The maximum Gasteiger partial charge on any atom is 0.346 e. The molecule has 0 saturated carbocycles. The van der Waals surface area contributed by atoms with Crippen molar-refractivity contribution in [1.82, 2.24) is 0 Å². The van der Waals surface area contributed by atoms with E-state index in [1.54, 1.807) is 18.2 Å². The fourth-order valence-electron chi connectivity index (χ4n) is 3.78. The molecule has 6 nitrogen and oxygen atoms in total. The molecule has 0 saturated heterocycles. The SMILES string of the molecule is CCCCOc1ccccc1C1C(C#N)=C(N)Oc2cc(OC(=O)c3ccccc3F)ccc21. The monoisotopic (exact) mass is 458 g/mol. The number of nitrogens with zero attached hydrogens (tertiary/aromatic N) is 1. The van der Waals surface area contributed by atoms with Crippen LogP contribution >= 0.6 is 0 Å². The van der Waals surface area contributed by atoms with Gasteiger partial charge in [-0.05, 0) is 30.7 Å². The first-order valence-electron chi connectivity index (χ1n) is 10.9. The molecule has 1 atom stereocenters. The number of nitriles is 1. The molecule has 1 unspecified atom stereocenters. The number of carbonyl (C=O) groups is 1. The van der Waals surface area contributed by atoms with E-state index in [-0.39, 0.29) is 22.8 Å². The van der Waals surface area contributed by atoms with E-state index in [1.807, 2.05) is 24.3 Å². The highest BCUT2D eigenvalue weighted by atomic mass is 19.1. The average Bonchev–Trinajstić information content (AvgIpc) is 2.84. The van der Waals surface area contributed by atoms with E-state index in [1.165, 1.54) is 24.3 Å². The molecule has 0 bridgehead atoms. The molecule has 4 rings (SSSR count). The van der Waals surface area contributed by atoms with E-state index in [2.05, 4.69) is 13.0 Å². The Morgan fingerprint density at radius 3 is 2.65 bits per heavy atom. The smallest absolute Gasteiger partial charge is 0.346 e. The number of allylic oxidation sites excluding steroid dienone is 1. The van der Waals surface area contributed by atoms with Gasteiger partial charge in [0.05, 0.1) is 18.1 Å². The van der Waals surface area contributed by atoms with Crippen LogP contribution in [0.4, 0.5) is 4.39 Å². The van der Waals surface area contributed by atoms with Crippen LogP contribution in [-0.2, 0) is 0 Å². The number of ether oxygens (including phenoxy) is 3. The van der Waals surface area contributed by atoms with Crippen LogP contribution in [0.2, 0.25) is 0 Å². The van der Waals surface area contributed by atoms with Crippen molar-refractivity contribution in [3.8, 4) is 23.3 Å². The Morgan fingerprint density at radius 2 is 1.88 bits per heavy atom. The average molecular weight is 458 g/mol. The second-order valence-electron chi connectivity index (χ2n) is 7.73. The molecule has 0 aromatic heterocycles. The van der Waals surface area contributed by atoms with E-state index in [4.69, 9.17) is 19.9 Å². The molecule has 3 aromatic rings. The molecule has 7 heteroatoms. The number of halogens is 1. The summed E-state index contributed by atoms with van der Waals surface area (Å²) in [6.07, 6.45) is 1.89. The van der Waals surface area contributed by atoms with Gasteiger partial charge < -0.3 is 19.9 Å². The lowest BCUT2D eigenvalue weighted by Crippen LogP contribution is -2.21. The zero-order chi connectivity index (χ0) is 24.1. The van der Waals surface area contributed by atoms with Crippen LogP contribution in [0.25, 0.3) is 0 Å². The van der Waals surface area contributed by atoms with Gasteiger partial charge in [-0.2, -0.15) is 5.26 Å². The van der Waals surface area contributed by atoms with Crippen molar-refractivity contribution in [3.63, 3.8) is 0 Å². The highest BCUT2D eigenvalue weighted by Crippen LogP contribution is 2.46. The van der Waals surface area contributed by atoms with Crippen LogP contribution < -0.4 is 19.9 Å². The normalized spacial score (nSPS) is 14.6. The molecular weight excluding hydrogens is 435 g/mol. The van der Waals surface area contributed by atoms with Gasteiger partial charge in [0, 0.05) is 17.2 Å². The first-order chi connectivity index (χ1) is 16.5. The number of rotatable bonds is 7. The molecule has 0 radical (unpaired) electrons. The third-order valence-corrected chi connectivity index (χ3v) is 5.48. The standard InChI is InChI=1S/C27H23FN2O4/c1-2-3-14-32-23-11-7-5-9-19(23)25-20-13-12-17(15-24(20)34-26(30)21(25)16-29)33-27(31)18-8-4-6-10-22(18)28/h4-13,15,25H,2-3,14,30H2,1H3. The third kappa shape index (κ3) is 4.57. The summed E-state index contributed by atoms with van der Waals surface area (Å²) in [5.74, 6) is -0.919. The Balaban J connectivity index is 1.70. The van der Waals surface area contributed by atoms with Gasteiger partial charge in [-0.15, -0.1) is 0 Å². The molecule has 0 amide bonds. The number of benzene rings is 3. The molecule has 0 spiro atoms. The first kappa shape index (κ1) is 22.9. The van der Waals surface area contributed by atoms with E-state index >= 15 is 0 Å². The van der Waals surface area contributed by atoms with Gasteiger partial charge in [-0.3, -0.25) is 0 Å². The maximum absolute atomic E-state index is 13.9. The summed E-state index contributed by atoms with van der Waals surface area (Å²) in [4.78, 5) is 12.4. The zero-order valence-electron chi connectivity index (χ0n) is 18.6. The Bertz CT molecular complexity index is 1300. The predicted molar refractivity (Wildman–Crippen MR) is 124 cm³/mol. The van der Waals surface area contributed by atoms with Gasteiger partial charge in [0.15, 0.2) is 0 Å².